The fourth-order valence-electron chi connectivity index (χ4n) is 2.87. The highest BCUT2D eigenvalue weighted by Gasteiger charge is 2.43. The van der Waals surface area contributed by atoms with Gasteiger partial charge in [-0.05, 0) is 25.8 Å². The van der Waals surface area contributed by atoms with Crippen molar-refractivity contribution in [2.45, 2.75) is 44.7 Å². The van der Waals surface area contributed by atoms with Gasteiger partial charge in [0.1, 0.15) is 11.6 Å². The molecule has 1 aromatic carbocycles. The molecule has 1 aliphatic heterocycles. The molecular formula is C19H25N3O5. The Morgan fingerprint density at radius 2 is 1.89 bits per heavy atom. The molecule has 0 radical (unpaired) electrons. The van der Waals surface area contributed by atoms with Crippen molar-refractivity contribution in [2.24, 2.45) is 0 Å². The molecule has 1 aliphatic rings. The first-order valence-corrected chi connectivity index (χ1v) is 8.80. The third-order valence-corrected chi connectivity index (χ3v) is 4.33. The predicted molar refractivity (Wildman–Crippen MR) is 97.7 cm³/mol. The number of imide groups is 1. The van der Waals surface area contributed by atoms with Crippen LogP contribution < -0.4 is 10.6 Å². The van der Waals surface area contributed by atoms with E-state index >= 15 is 0 Å². The van der Waals surface area contributed by atoms with Crippen molar-refractivity contribution < 1.29 is 23.9 Å². The van der Waals surface area contributed by atoms with Gasteiger partial charge in [0.2, 0.25) is 5.91 Å². The number of carbonyl (C=O) groups excluding carboxylic acids is 4. The zero-order valence-electron chi connectivity index (χ0n) is 15.8. The van der Waals surface area contributed by atoms with E-state index in [1.807, 2.05) is 30.3 Å². The lowest BCUT2D eigenvalue weighted by atomic mass is 10.1. The van der Waals surface area contributed by atoms with Gasteiger partial charge >= 0.3 is 12.0 Å². The second kappa shape index (κ2) is 8.66. The number of urea groups is 1. The van der Waals surface area contributed by atoms with Gasteiger partial charge in [0.15, 0.2) is 0 Å². The van der Waals surface area contributed by atoms with Crippen molar-refractivity contribution in [3.05, 3.63) is 35.9 Å². The molecule has 27 heavy (non-hydrogen) atoms. The predicted octanol–water partition coefficient (Wildman–Crippen LogP) is 0.997. The van der Waals surface area contributed by atoms with E-state index in [9.17, 15) is 19.2 Å². The molecule has 0 unspecified atom stereocenters. The van der Waals surface area contributed by atoms with Gasteiger partial charge in [-0.2, -0.15) is 0 Å². The summed E-state index contributed by atoms with van der Waals surface area (Å²) >= 11 is 0. The summed E-state index contributed by atoms with van der Waals surface area (Å²) < 4.78 is 4.76. The number of rotatable bonds is 8. The van der Waals surface area contributed by atoms with E-state index in [4.69, 9.17) is 4.74 Å². The quantitative estimate of drug-likeness (QED) is 0.521. The lowest BCUT2D eigenvalue weighted by molar-refractivity contribution is -0.145. The molecule has 2 rings (SSSR count). The van der Waals surface area contributed by atoms with E-state index in [0.29, 0.717) is 12.8 Å². The van der Waals surface area contributed by atoms with Crippen molar-refractivity contribution in [3.8, 4) is 0 Å². The first-order valence-electron chi connectivity index (χ1n) is 8.80. The van der Waals surface area contributed by atoms with E-state index in [0.717, 1.165) is 10.5 Å². The second-order valence-electron chi connectivity index (χ2n) is 6.95. The maximum Gasteiger partial charge on any atom is 0.328 e. The summed E-state index contributed by atoms with van der Waals surface area (Å²) in [5.74, 6) is -1.18. The van der Waals surface area contributed by atoms with Crippen LogP contribution in [0.1, 0.15) is 32.3 Å². The normalized spacial score (nSPS) is 16.6. The molecule has 8 nitrogen and oxygen atoms in total. The summed E-state index contributed by atoms with van der Waals surface area (Å²) in [5, 5.41) is 5.25. The Kier molecular flexibility index (Phi) is 6.55. The average molecular weight is 375 g/mol. The zero-order valence-corrected chi connectivity index (χ0v) is 15.8. The number of benzene rings is 1. The summed E-state index contributed by atoms with van der Waals surface area (Å²) in [7, 11) is 1.27. The van der Waals surface area contributed by atoms with Gasteiger partial charge in [-0.25, -0.2) is 9.59 Å². The number of ether oxygens (including phenoxy) is 1. The van der Waals surface area contributed by atoms with Crippen LogP contribution >= 0.6 is 0 Å². The molecule has 1 aromatic rings. The van der Waals surface area contributed by atoms with E-state index in [1.165, 1.54) is 7.11 Å². The zero-order chi connectivity index (χ0) is 20.0. The number of nitrogens with one attached hydrogen (secondary N) is 2. The highest BCUT2D eigenvalue weighted by molar-refractivity contribution is 6.06. The molecule has 1 heterocycles. The Balaban J connectivity index is 1.86. The highest BCUT2D eigenvalue weighted by Crippen LogP contribution is 2.17. The summed E-state index contributed by atoms with van der Waals surface area (Å²) in [6, 6.07) is 8.05. The third-order valence-electron chi connectivity index (χ3n) is 4.33. The van der Waals surface area contributed by atoms with Gasteiger partial charge in [0.25, 0.3) is 5.91 Å². The Morgan fingerprint density at radius 3 is 2.44 bits per heavy atom. The topological polar surface area (TPSA) is 105 Å². The third kappa shape index (κ3) is 5.29. The van der Waals surface area contributed by atoms with Crippen molar-refractivity contribution >= 4 is 23.8 Å². The smallest absolute Gasteiger partial charge is 0.328 e. The molecule has 1 fully saturated rings. The number of hydrogen-bond acceptors (Lipinski definition) is 5. The maximum absolute atomic E-state index is 12.2. The number of amides is 4. The van der Waals surface area contributed by atoms with Crippen LogP contribution in [0.25, 0.3) is 0 Å². The molecule has 1 atom stereocenters. The number of hydrogen-bond donors (Lipinski definition) is 2. The van der Waals surface area contributed by atoms with Crippen molar-refractivity contribution in [1.82, 2.24) is 15.5 Å². The van der Waals surface area contributed by atoms with Crippen molar-refractivity contribution in [2.75, 3.05) is 13.7 Å². The van der Waals surface area contributed by atoms with Crippen LogP contribution in [0.15, 0.2) is 30.3 Å². The van der Waals surface area contributed by atoms with Gasteiger partial charge < -0.3 is 15.4 Å². The lowest BCUT2D eigenvalue weighted by Gasteiger charge is -2.18. The molecule has 0 aliphatic carbocycles. The molecule has 0 spiro atoms. The monoisotopic (exact) mass is 375 g/mol. The van der Waals surface area contributed by atoms with Crippen LogP contribution in [0.4, 0.5) is 4.79 Å². The first-order chi connectivity index (χ1) is 12.7. The van der Waals surface area contributed by atoms with Crippen molar-refractivity contribution in [1.29, 1.82) is 0 Å². The van der Waals surface area contributed by atoms with E-state index in [-0.39, 0.29) is 24.8 Å². The second-order valence-corrected chi connectivity index (χ2v) is 6.95. The van der Waals surface area contributed by atoms with Crippen LogP contribution in [-0.4, -0.2) is 54.0 Å². The lowest BCUT2D eigenvalue weighted by Crippen LogP contribution is -2.43. The average Bonchev–Trinajstić information content (AvgIpc) is 2.82. The molecule has 8 heteroatoms. The molecule has 0 aromatic heterocycles. The number of methoxy groups -OCH3 is 1. The summed E-state index contributed by atoms with van der Waals surface area (Å²) in [5.41, 5.74) is -0.0277. The van der Waals surface area contributed by atoms with Crippen molar-refractivity contribution in [3.63, 3.8) is 0 Å². The van der Waals surface area contributed by atoms with Gasteiger partial charge in [-0.15, -0.1) is 0 Å². The minimum atomic E-state index is -0.926. The van der Waals surface area contributed by atoms with Gasteiger partial charge in [0.05, 0.1) is 7.11 Å². The Labute approximate surface area is 158 Å². The van der Waals surface area contributed by atoms with Crippen LogP contribution in [0, 0.1) is 0 Å². The van der Waals surface area contributed by atoms with E-state index in [1.54, 1.807) is 13.8 Å². The summed E-state index contributed by atoms with van der Waals surface area (Å²) in [6.07, 6.45) is 0.709. The molecule has 0 saturated carbocycles. The number of nitrogens with zero attached hydrogens (tertiary/aromatic N) is 1. The van der Waals surface area contributed by atoms with E-state index < -0.39 is 23.6 Å². The summed E-state index contributed by atoms with van der Waals surface area (Å²) in [4.78, 5) is 49.2. The maximum atomic E-state index is 12.2. The molecule has 1 saturated heterocycles. The number of carbonyl (C=O) groups is 4. The van der Waals surface area contributed by atoms with Crippen LogP contribution in [0.2, 0.25) is 0 Å². The Bertz CT molecular complexity index is 717. The highest BCUT2D eigenvalue weighted by atomic mass is 16.5. The molecule has 4 amide bonds. The minimum Gasteiger partial charge on any atom is -0.467 e. The molecule has 2 N–H and O–H groups in total. The molecular weight excluding hydrogens is 350 g/mol. The standard InChI is InChI=1S/C19H25N3O5/c1-19(2)17(25)22(18(26)21-19)11-7-10-15(23)20-14(16(24)27-3)12-13-8-5-4-6-9-13/h4-6,8-9,14H,7,10-12H2,1-3H3,(H,20,23)(H,21,26)/t14-/m0/s1. The first kappa shape index (κ1) is 20.4. The van der Waals surface area contributed by atoms with E-state index in [2.05, 4.69) is 10.6 Å². The largest absolute Gasteiger partial charge is 0.467 e. The van der Waals surface area contributed by atoms with Crippen LogP contribution in [0.5, 0.6) is 0 Å². The van der Waals surface area contributed by atoms with Crippen LogP contribution in [-0.2, 0) is 25.5 Å². The fraction of sp³-hybridized carbons (Fsp3) is 0.474. The number of esters is 1. The fourth-order valence-corrected chi connectivity index (χ4v) is 2.87. The molecule has 0 bridgehead atoms. The SMILES string of the molecule is COC(=O)[C@H](Cc1ccccc1)NC(=O)CCCN1C(=O)NC(C)(C)C1=O. The summed E-state index contributed by atoms with van der Waals surface area (Å²) in [6.45, 7) is 3.40. The van der Waals surface area contributed by atoms with Crippen LogP contribution in [0.3, 0.4) is 0 Å². The van der Waals surface area contributed by atoms with Gasteiger partial charge in [-0.1, -0.05) is 30.3 Å². The minimum absolute atomic E-state index is 0.0831. The van der Waals surface area contributed by atoms with Gasteiger partial charge in [-0.3, -0.25) is 14.5 Å². The Morgan fingerprint density at radius 1 is 1.22 bits per heavy atom. The molecule has 146 valence electrons. The van der Waals surface area contributed by atoms with Gasteiger partial charge in [0, 0.05) is 19.4 Å². The Hall–Kier alpha value is -2.90.